The topological polar surface area (TPSA) is 85.4 Å². The summed E-state index contributed by atoms with van der Waals surface area (Å²) in [7, 11) is 3.46. The van der Waals surface area contributed by atoms with Crippen LogP contribution in [0.4, 0.5) is 10.6 Å². The standard InChI is InChI=1S/C17H23N5O2/c1-11-15(12-4-6-14(24-3)7-5-12)16(21(2)20-11)19-17(23)22-9-8-13(18)10-22/h4-7,13H,8-10,18H2,1-3H3,(H,19,23)/t13-/m0/s1. The molecule has 128 valence electrons. The van der Waals surface area contributed by atoms with Crippen molar-refractivity contribution in [1.82, 2.24) is 14.7 Å². The van der Waals surface area contributed by atoms with Gasteiger partial charge in [0.15, 0.2) is 0 Å². The van der Waals surface area contributed by atoms with Crippen LogP contribution in [-0.4, -0.2) is 47.0 Å². The maximum Gasteiger partial charge on any atom is 0.323 e. The number of benzene rings is 1. The molecule has 3 N–H and O–H groups in total. The van der Waals surface area contributed by atoms with Gasteiger partial charge in [-0.05, 0) is 31.0 Å². The third-order valence-corrected chi connectivity index (χ3v) is 4.34. The van der Waals surface area contributed by atoms with Crippen molar-refractivity contribution in [2.24, 2.45) is 12.8 Å². The lowest BCUT2D eigenvalue weighted by Crippen LogP contribution is -2.35. The summed E-state index contributed by atoms with van der Waals surface area (Å²) in [6.45, 7) is 3.20. The van der Waals surface area contributed by atoms with Crippen molar-refractivity contribution in [3.63, 3.8) is 0 Å². The molecule has 2 amide bonds. The Balaban J connectivity index is 1.89. The smallest absolute Gasteiger partial charge is 0.323 e. The lowest BCUT2D eigenvalue weighted by molar-refractivity contribution is 0.222. The second-order valence-corrected chi connectivity index (χ2v) is 6.09. The van der Waals surface area contributed by atoms with Crippen LogP contribution in [0.15, 0.2) is 24.3 Å². The number of methoxy groups -OCH3 is 1. The molecule has 1 atom stereocenters. The van der Waals surface area contributed by atoms with Crippen LogP contribution in [0, 0.1) is 6.92 Å². The zero-order chi connectivity index (χ0) is 17.3. The molecular formula is C17H23N5O2. The molecular weight excluding hydrogens is 306 g/mol. The van der Waals surface area contributed by atoms with Gasteiger partial charge in [0.05, 0.1) is 12.8 Å². The minimum atomic E-state index is -0.138. The first kappa shape index (κ1) is 16.3. The van der Waals surface area contributed by atoms with E-state index in [9.17, 15) is 4.79 Å². The highest BCUT2D eigenvalue weighted by Gasteiger charge is 2.25. The number of likely N-dealkylation sites (tertiary alicyclic amines) is 1. The lowest BCUT2D eigenvalue weighted by Gasteiger charge is -2.17. The maximum atomic E-state index is 12.5. The van der Waals surface area contributed by atoms with E-state index in [0.29, 0.717) is 18.9 Å². The number of rotatable bonds is 3. The Bertz CT molecular complexity index is 738. The molecule has 3 rings (SSSR count). The SMILES string of the molecule is COc1ccc(-c2c(C)nn(C)c2NC(=O)N2CC[C@H](N)C2)cc1. The first-order valence-corrected chi connectivity index (χ1v) is 7.99. The molecule has 1 saturated heterocycles. The van der Waals surface area contributed by atoms with Crippen LogP contribution >= 0.6 is 0 Å². The fourth-order valence-electron chi connectivity index (χ4n) is 3.06. The number of hydrogen-bond donors (Lipinski definition) is 2. The van der Waals surface area contributed by atoms with Crippen molar-refractivity contribution < 1.29 is 9.53 Å². The van der Waals surface area contributed by atoms with Crippen LogP contribution in [0.5, 0.6) is 5.75 Å². The van der Waals surface area contributed by atoms with E-state index in [2.05, 4.69) is 10.4 Å². The monoisotopic (exact) mass is 329 g/mol. The number of anilines is 1. The van der Waals surface area contributed by atoms with Crippen LogP contribution in [0.1, 0.15) is 12.1 Å². The average Bonchev–Trinajstić information content (AvgIpc) is 3.11. The Morgan fingerprint density at radius 1 is 1.38 bits per heavy atom. The Hall–Kier alpha value is -2.54. The van der Waals surface area contributed by atoms with Crippen LogP contribution < -0.4 is 15.8 Å². The number of nitrogens with one attached hydrogen (secondary N) is 1. The molecule has 1 aromatic carbocycles. The summed E-state index contributed by atoms with van der Waals surface area (Å²) >= 11 is 0. The molecule has 1 aromatic heterocycles. The molecule has 7 heteroatoms. The zero-order valence-electron chi connectivity index (χ0n) is 14.2. The van der Waals surface area contributed by atoms with Gasteiger partial charge in [-0.1, -0.05) is 12.1 Å². The van der Waals surface area contributed by atoms with Crippen LogP contribution in [-0.2, 0) is 7.05 Å². The highest BCUT2D eigenvalue weighted by molar-refractivity contribution is 5.94. The number of aromatic nitrogens is 2. The van der Waals surface area contributed by atoms with E-state index in [0.717, 1.165) is 29.0 Å². The molecule has 7 nitrogen and oxygen atoms in total. The van der Waals surface area contributed by atoms with Crippen molar-refractivity contribution in [2.75, 3.05) is 25.5 Å². The second-order valence-electron chi connectivity index (χ2n) is 6.09. The normalized spacial score (nSPS) is 17.2. The molecule has 2 aromatic rings. The molecule has 1 aliphatic heterocycles. The number of urea groups is 1. The quantitative estimate of drug-likeness (QED) is 0.901. The Kier molecular flexibility index (Phi) is 4.44. The van der Waals surface area contributed by atoms with Crippen molar-refractivity contribution in [3.05, 3.63) is 30.0 Å². The average molecular weight is 329 g/mol. The molecule has 0 saturated carbocycles. The number of nitrogens with zero attached hydrogens (tertiary/aromatic N) is 3. The van der Waals surface area contributed by atoms with E-state index >= 15 is 0 Å². The largest absolute Gasteiger partial charge is 0.497 e. The van der Waals surface area contributed by atoms with E-state index in [-0.39, 0.29) is 12.1 Å². The van der Waals surface area contributed by atoms with E-state index in [1.807, 2.05) is 38.2 Å². The van der Waals surface area contributed by atoms with Gasteiger partial charge < -0.3 is 15.4 Å². The van der Waals surface area contributed by atoms with E-state index in [4.69, 9.17) is 10.5 Å². The van der Waals surface area contributed by atoms with Crippen molar-refractivity contribution in [3.8, 4) is 16.9 Å². The number of carbonyl (C=O) groups excluding carboxylic acids is 1. The first-order chi connectivity index (χ1) is 11.5. The third kappa shape index (κ3) is 3.07. The van der Waals surface area contributed by atoms with E-state index in [1.54, 1.807) is 16.7 Å². The van der Waals surface area contributed by atoms with E-state index in [1.165, 1.54) is 0 Å². The third-order valence-electron chi connectivity index (χ3n) is 4.34. The molecule has 0 spiro atoms. The van der Waals surface area contributed by atoms with Gasteiger partial charge in [-0.2, -0.15) is 5.10 Å². The predicted molar refractivity (Wildman–Crippen MR) is 93.1 cm³/mol. The fourth-order valence-corrected chi connectivity index (χ4v) is 3.06. The summed E-state index contributed by atoms with van der Waals surface area (Å²) in [6, 6.07) is 7.64. The summed E-state index contributed by atoms with van der Waals surface area (Å²) in [5, 5.41) is 7.44. The number of hydrogen-bond acceptors (Lipinski definition) is 4. The van der Waals surface area contributed by atoms with Gasteiger partial charge in [-0.15, -0.1) is 0 Å². The Morgan fingerprint density at radius 2 is 2.08 bits per heavy atom. The van der Waals surface area contributed by atoms with Crippen LogP contribution in [0.25, 0.3) is 11.1 Å². The van der Waals surface area contributed by atoms with Crippen molar-refractivity contribution >= 4 is 11.8 Å². The minimum Gasteiger partial charge on any atom is -0.497 e. The molecule has 1 fully saturated rings. The summed E-state index contributed by atoms with van der Waals surface area (Å²) in [5.41, 5.74) is 8.64. The molecule has 24 heavy (non-hydrogen) atoms. The number of aryl methyl sites for hydroxylation is 2. The molecule has 0 radical (unpaired) electrons. The molecule has 2 heterocycles. The number of nitrogens with two attached hydrogens (primary N) is 1. The lowest BCUT2D eigenvalue weighted by atomic mass is 10.1. The van der Waals surface area contributed by atoms with Gasteiger partial charge in [0.2, 0.25) is 0 Å². The first-order valence-electron chi connectivity index (χ1n) is 7.99. The molecule has 1 aliphatic rings. The number of carbonyl (C=O) groups is 1. The Morgan fingerprint density at radius 3 is 2.67 bits per heavy atom. The molecule has 0 aliphatic carbocycles. The zero-order valence-corrected chi connectivity index (χ0v) is 14.2. The number of amides is 2. The van der Waals surface area contributed by atoms with Gasteiger partial charge in [-0.25, -0.2) is 4.79 Å². The summed E-state index contributed by atoms with van der Waals surface area (Å²) in [6.07, 6.45) is 0.836. The highest BCUT2D eigenvalue weighted by atomic mass is 16.5. The van der Waals surface area contributed by atoms with Crippen LogP contribution in [0.2, 0.25) is 0 Å². The fraction of sp³-hybridized carbons (Fsp3) is 0.412. The predicted octanol–water partition coefficient (Wildman–Crippen LogP) is 1.97. The Labute approximate surface area is 141 Å². The maximum absolute atomic E-state index is 12.5. The minimum absolute atomic E-state index is 0.0603. The van der Waals surface area contributed by atoms with Crippen molar-refractivity contribution in [1.29, 1.82) is 0 Å². The molecule has 0 bridgehead atoms. The van der Waals surface area contributed by atoms with E-state index < -0.39 is 0 Å². The van der Waals surface area contributed by atoms with Gasteiger partial charge in [0, 0.05) is 31.7 Å². The summed E-state index contributed by atoms with van der Waals surface area (Å²) < 4.78 is 6.90. The molecule has 0 unspecified atom stereocenters. The van der Waals surface area contributed by atoms with Crippen LogP contribution in [0.3, 0.4) is 0 Å². The highest BCUT2D eigenvalue weighted by Crippen LogP contribution is 2.32. The van der Waals surface area contributed by atoms with Gasteiger partial charge in [0.1, 0.15) is 11.6 Å². The summed E-state index contributed by atoms with van der Waals surface area (Å²) in [4.78, 5) is 14.2. The second kappa shape index (κ2) is 6.52. The van der Waals surface area contributed by atoms with Gasteiger partial charge in [0.25, 0.3) is 0 Å². The van der Waals surface area contributed by atoms with Gasteiger partial charge in [-0.3, -0.25) is 10.00 Å². The summed E-state index contributed by atoms with van der Waals surface area (Å²) in [5.74, 6) is 1.47. The van der Waals surface area contributed by atoms with Crippen molar-refractivity contribution in [2.45, 2.75) is 19.4 Å². The number of ether oxygens (including phenoxy) is 1. The van der Waals surface area contributed by atoms with Gasteiger partial charge >= 0.3 is 6.03 Å².